The molecule has 0 amide bonds. The van der Waals surface area contributed by atoms with Gasteiger partial charge in [0.05, 0.1) is 12.8 Å². The summed E-state index contributed by atoms with van der Waals surface area (Å²) in [6, 6.07) is 13.3. The van der Waals surface area contributed by atoms with Crippen LogP contribution in [0.2, 0.25) is 0 Å². The van der Waals surface area contributed by atoms with Crippen molar-refractivity contribution in [1.82, 2.24) is 4.98 Å². The molecule has 0 spiro atoms. The minimum Gasteiger partial charge on any atom is -0.495 e. The smallest absolute Gasteiger partial charge is 0.268 e. The van der Waals surface area contributed by atoms with Crippen molar-refractivity contribution in [3.63, 3.8) is 0 Å². The van der Waals surface area contributed by atoms with Crippen molar-refractivity contribution >= 4 is 15.7 Å². The number of sulfonamides is 1. The number of hydrogen-bond donors (Lipinski definition) is 0. The van der Waals surface area contributed by atoms with Crippen molar-refractivity contribution in [2.24, 2.45) is 0 Å². The molecule has 5 nitrogen and oxygen atoms in total. The van der Waals surface area contributed by atoms with Crippen molar-refractivity contribution in [3.8, 4) is 16.9 Å². The van der Waals surface area contributed by atoms with Crippen LogP contribution in [0.4, 0.5) is 5.69 Å². The van der Waals surface area contributed by atoms with Gasteiger partial charge in [-0.25, -0.2) is 8.42 Å². The maximum Gasteiger partial charge on any atom is 0.268 e. The Bertz CT molecular complexity index is 1140. The van der Waals surface area contributed by atoms with Gasteiger partial charge >= 0.3 is 0 Å². The van der Waals surface area contributed by atoms with Crippen LogP contribution in [-0.2, 0) is 16.4 Å². The van der Waals surface area contributed by atoms with E-state index in [0.29, 0.717) is 18.7 Å². The lowest BCUT2D eigenvalue weighted by atomic mass is 10.0. The molecule has 1 aliphatic heterocycles. The first-order chi connectivity index (χ1) is 13.4. The minimum absolute atomic E-state index is 0.212. The summed E-state index contributed by atoms with van der Waals surface area (Å²) in [6.07, 6.45) is 4.19. The predicted octanol–water partition coefficient (Wildman–Crippen LogP) is 4.13. The Morgan fingerprint density at radius 2 is 1.68 bits per heavy atom. The van der Waals surface area contributed by atoms with E-state index in [9.17, 15) is 8.42 Å². The second kappa shape index (κ2) is 6.95. The third-order valence-electron chi connectivity index (χ3n) is 5.29. The van der Waals surface area contributed by atoms with Crippen LogP contribution in [0.1, 0.15) is 16.7 Å². The number of methoxy groups -OCH3 is 1. The molecule has 0 aliphatic carbocycles. The molecule has 144 valence electrons. The third kappa shape index (κ3) is 3.03. The van der Waals surface area contributed by atoms with Crippen LogP contribution in [-0.4, -0.2) is 27.1 Å². The van der Waals surface area contributed by atoms with Crippen molar-refractivity contribution < 1.29 is 13.2 Å². The molecule has 28 heavy (non-hydrogen) atoms. The maximum absolute atomic E-state index is 13.4. The Balaban J connectivity index is 1.76. The zero-order chi connectivity index (χ0) is 19.9. The largest absolute Gasteiger partial charge is 0.495 e. The summed E-state index contributed by atoms with van der Waals surface area (Å²) in [6.45, 7) is 4.28. The number of ether oxygens (including phenoxy) is 1. The van der Waals surface area contributed by atoms with Crippen LogP contribution in [0.15, 0.2) is 59.8 Å². The molecule has 2 heterocycles. The zero-order valence-corrected chi connectivity index (χ0v) is 17.0. The van der Waals surface area contributed by atoms with Crippen molar-refractivity contribution in [3.05, 3.63) is 71.5 Å². The number of benzene rings is 2. The number of hydrogen-bond acceptors (Lipinski definition) is 4. The van der Waals surface area contributed by atoms with Crippen LogP contribution >= 0.6 is 0 Å². The summed E-state index contributed by atoms with van der Waals surface area (Å²) in [5, 5.41) is 0. The number of aromatic nitrogens is 1. The van der Waals surface area contributed by atoms with E-state index >= 15 is 0 Å². The molecular formula is C22H22N2O3S. The molecule has 0 bridgehead atoms. The van der Waals surface area contributed by atoms with Crippen LogP contribution in [0.25, 0.3) is 11.1 Å². The van der Waals surface area contributed by atoms with E-state index in [-0.39, 0.29) is 4.90 Å². The average molecular weight is 394 g/mol. The quantitative estimate of drug-likeness (QED) is 0.668. The molecule has 0 unspecified atom stereocenters. The van der Waals surface area contributed by atoms with E-state index in [4.69, 9.17) is 4.74 Å². The molecule has 0 radical (unpaired) electrons. The lowest BCUT2D eigenvalue weighted by Gasteiger charge is -2.22. The van der Waals surface area contributed by atoms with Gasteiger partial charge in [-0.2, -0.15) is 0 Å². The zero-order valence-electron chi connectivity index (χ0n) is 16.1. The van der Waals surface area contributed by atoms with Gasteiger partial charge in [-0.3, -0.25) is 9.29 Å². The van der Waals surface area contributed by atoms with Gasteiger partial charge < -0.3 is 4.74 Å². The molecule has 0 saturated carbocycles. The molecular weight excluding hydrogens is 372 g/mol. The van der Waals surface area contributed by atoms with Crippen molar-refractivity contribution in [2.45, 2.75) is 25.2 Å². The fourth-order valence-corrected chi connectivity index (χ4v) is 5.32. The normalized spacial score (nSPS) is 13.5. The van der Waals surface area contributed by atoms with Crippen molar-refractivity contribution in [2.75, 3.05) is 18.0 Å². The summed E-state index contributed by atoms with van der Waals surface area (Å²) in [7, 11) is -2.21. The van der Waals surface area contributed by atoms with Gasteiger partial charge in [-0.15, -0.1) is 0 Å². The highest BCUT2D eigenvalue weighted by molar-refractivity contribution is 7.93. The first-order valence-electron chi connectivity index (χ1n) is 9.13. The summed E-state index contributed by atoms with van der Waals surface area (Å²) < 4.78 is 33.7. The molecule has 6 heteroatoms. The maximum atomic E-state index is 13.4. The van der Waals surface area contributed by atoms with E-state index in [1.165, 1.54) is 11.4 Å². The van der Waals surface area contributed by atoms with Gasteiger partial charge in [0.2, 0.25) is 0 Å². The van der Waals surface area contributed by atoms with Gasteiger partial charge in [0.1, 0.15) is 10.6 Å². The van der Waals surface area contributed by atoms with E-state index < -0.39 is 10.0 Å². The van der Waals surface area contributed by atoms with Crippen LogP contribution in [0.5, 0.6) is 5.75 Å². The van der Waals surface area contributed by atoms with Gasteiger partial charge in [-0.1, -0.05) is 6.07 Å². The Labute approximate surface area is 165 Å². The molecule has 0 atom stereocenters. The Kier molecular flexibility index (Phi) is 4.59. The second-order valence-electron chi connectivity index (χ2n) is 6.99. The average Bonchev–Trinajstić information content (AvgIpc) is 3.14. The molecule has 1 aliphatic rings. The standard InChI is InChI=1S/C22H22N2O3S/c1-15-12-21(27-3)22(13-16(15)2)28(25,26)24-11-8-19-14-18(4-5-20(19)24)17-6-9-23-10-7-17/h4-7,9-10,12-14H,8,11H2,1-3H3. The number of aryl methyl sites for hydroxylation is 2. The first-order valence-corrected chi connectivity index (χ1v) is 10.6. The summed E-state index contributed by atoms with van der Waals surface area (Å²) in [5.41, 5.74) is 5.81. The lowest BCUT2D eigenvalue weighted by Crippen LogP contribution is -2.29. The molecule has 3 aromatic rings. The molecule has 0 saturated heterocycles. The first kappa shape index (κ1) is 18.5. The highest BCUT2D eigenvalue weighted by Crippen LogP contribution is 2.38. The van der Waals surface area contributed by atoms with E-state index in [0.717, 1.165) is 33.5 Å². The molecule has 2 aromatic carbocycles. The predicted molar refractivity (Wildman–Crippen MR) is 110 cm³/mol. The fraction of sp³-hybridized carbons (Fsp3) is 0.227. The number of pyridine rings is 1. The highest BCUT2D eigenvalue weighted by atomic mass is 32.2. The van der Waals surface area contributed by atoms with Crippen LogP contribution < -0.4 is 9.04 Å². The Hall–Kier alpha value is -2.86. The van der Waals surface area contributed by atoms with Gasteiger partial charge in [0.15, 0.2) is 0 Å². The number of rotatable bonds is 4. The Morgan fingerprint density at radius 1 is 0.964 bits per heavy atom. The number of nitrogens with zero attached hydrogens (tertiary/aromatic N) is 2. The Morgan fingerprint density at radius 3 is 2.39 bits per heavy atom. The van der Waals surface area contributed by atoms with Crippen LogP contribution in [0.3, 0.4) is 0 Å². The summed E-state index contributed by atoms with van der Waals surface area (Å²) in [5.74, 6) is 0.380. The minimum atomic E-state index is -3.71. The number of fused-ring (bicyclic) bond motifs is 1. The topological polar surface area (TPSA) is 59.5 Å². The third-order valence-corrected chi connectivity index (χ3v) is 7.13. The van der Waals surface area contributed by atoms with E-state index in [2.05, 4.69) is 11.1 Å². The van der Waals surface area contributed by atoms with Crippen molar-refractivity contribution in [1.29, 1.82) is 0 Å². The monoisotopic (exact) mass is 394 g/mol. The van der Waals surface area contributed by atoms with Gasteiger partial charge in [-0.05, 0) is 84.5 Å². The molecule has 0 fully saturated rings. The SMILES string of the molecule is COc1cc(C)c(C)cc1S(=O)(=O)N1CCc2cc(-c3ccncc3)ccc21. The second-order valence-corrected chi connectivity index (χ2v) is 8.82. The summed E-state index contributed by atoms with van der Waals surface area (Å²) in [4.78, 5) is 4.26. The molecule has 0 N–H and O–H groups in total. The van der Waals surface area contributed by atoms with Gasteiger partial charge in [0, 0.05) is 18.9 Å². The van der Waals surface area contributed by atoms with E-state index in [1.807, 2.05) is 38.1 Å². The highest BCUT2D eigenvalue weighted by Gasteiger charge is 2.33. The van der Waals surface area contributed by atoms with Crippen LogP contribution in [0, 0.1) is 13.8 Å². The summed E-state index contributed by atoms with van der Waals surface area (Å²) >= 11 is 0. The van der Waals surface area contributed by atoms with Gasteiger partial charge in [0.25, 0.3) is 10.0 Å². The van der Waals surface area contributed by atoms with E-state index in [1.54, 1.807) is 24.5 Å². The fourth-order valence-electron chi connectivity index (χ4n) is 3.59. The molecule has 1 aromatic heterocycles. The number of anilines is 1. The molecule has 4 rings (SSSR count). The lowest BCUT2D eigenvalue weighted by molar-refractivity contribution is 0.402.